The molecule has 1 heterocycles. The number of tetrazole rings is 1. The summed E-state index contributed by atoms with van der Waals surface area (Å²) < 4.78 is 21.1. The molecule has 0 fully saturated rings. The van der Waals surface area contributed by atoms with Crippen molar-refractivity contribution in [2.75, 3.05) is 28.4 Å². The Hall–Kier alpha value is -3.82. The lowest BCUT2D eigenvalue weighted by molar-refractivity contribution is -0.122. The van der Waals surface area contributed by atoms with Gasteiger partial charge in [-0.25, -0.2) is 0 Å². The van der Waals surface area contributed by atoms with Crippen LogP contribution in [0.2, 0.25) is 0 Å². The van der Waals surface area contributed by atoms with Crippen molar-refractivity contribution in [2.24, 2.45) is 0 Å². The molecule has 30 heavy (non-hydrogen) atoms. The van der Waals surface area contributed by atoms with E-state index in [0.29, 0.717) is 28.8 Å². The zero-order valence-electron chi connectivity index (χ0n) is 17.2. The highest BCUT2D eigenvalue weighted by molar-refractivity contribution is 5.75. The van der Waals surface area contributed by atoms with Gasteiger partial charge >= 0.3 is 0 Å². The van der Waals surface area contributed by atoms with Gasteiger partial charge in [0.1, 0.15) is 12.3 Å². The van der Waals surface area contributed by atoms with Gasteiger partial charge < -0.3 is 24.3 Å². The van der Waals surface area contributed by atoms with Crippen molar-refractivity contribution in [2.45, 2.75) is 13.1 Å². The highest BCUT2D eigenvalue weighted by atomic mass is 16.5. The van der Waals surface area contributed by atoms with Crippen molar-refractivity contribution in [3.8, 4) is 34.4 Å². The second kappa shape index (κ2) is 9.59. The third-order valence-corrected chi connectivity index (χ3v) is 4.28. The topological polar surface area (TPSA) is 110 Å². The molecule has 0 aliphatic carbocycles. The monoisotopic (exact) mass is 413 g/mol. The summed E-state index contributed by atoms with van der Waals surface area (Å²) >= 11 is 0. The first kappa shape index (κ1) is 20.9. The molecule has 1 aromatic heterocycles. The third kappa shape index (κ3) is 4.77. The fourth-order valence-electron chi connectivity index (χ4n) is 2.81. The molecular formula is C20H23N5O5. The summed E-state index contributed by atoms with van der Waals surface area (Å²) in [6.07, 6.45) is 0. The van der Waals surface area contributed by atoms with E-state index in [2.05, 4.69) is 20.7 Å². The van der Waals surface area contributed by atoms with Crippen molar-refractivity contribution < 1.29 is 23.7 Å². The number of amides is 1. The summed E-state index contributed by atoms with van der Waals surface area (Å²) in [7, 11) is 6.19. The molecule has 3 aromatic rings. The number of hydrogen-bond donors (Lipinski definition) is 1. The molecular weight excluding hydrogens is 390 g/mol. The molecule has 0 atom stereocenters. The normalized spacial score (nSPS) is 10.4. The lowest BCUT2D eigenvalue weighted by atomic mass is 10.1. The molecule has 0 unspecified atom stereocenters. The van der Waals surface area contributed by atoms with Crippen LogP contribution in [0.4, 0.5) is 0 Å². The molecule has 0 radical (unpaired) electrons. The summed E-state index contributed by atoms with van der Waals surface area (Å²) in [5, 5.41) is 15.0. The van der Waals surface area contributed by atoms with Crippen LogP contribution in [0.25, 0.3) is 11.4 Å². The Bertz CT molecular complexity index is 995. The van der Waals surface area contributed by atoms with Gasteiger partial charge in [0.15, 0.2) is 11.5 Å². The van der Waals surface area contributed by atoms with Gasteiger partial charge in [-0.15, -0.1) is 10.2 Å². The Kier molecular flexibility index (Phi) is 6.68. The zero-order valence-corrected chi connectivity index (χ0v) is 17.2. The van der Waals surface area contributed by atoms with Gasteiger partial charge in [-0.1, -0.05) is 12.1 Å². The average Bonchev–Trinajstić information content (AvgIpc) is 3.25. The van der Waals surface area contributed by atoms with E-state index in [4.69, 9.17) is 18.9 Å². The Balaban J connectivity index is 1.63. The van der Waals surface area contributed by atoms with Crippen LogP contribution in [0, 0.1) is 0 Å². The number of nitrogens with one attached hydrogen (secondary N) is 1. The first-order valence-electron chi connectivity index (χ1n) is 9.05. The minimum absolute atomic E-state index is 0.0681. The summed E-state index contributed by atoms with van der Waals surface area (Å²) in [5.41, 5.74) is 1.54. The number of benzene rings is 2. The average molecular weight is 413 g/mol. The molecule has 0 spiro atoms. The van der Waals surface area contributed by atoms with Crippen LogP contribution >= 0.6 is 0 Å². The smallest absolute Gasteiger partial charge is 0.243 e. The minimum atomic E-state index is -0.265. The number of ether oxygens (including phenoxy) is 4. The van der Waals surface area contributed by atoms with Gasteiger partial charge in [-0.3, -0.25) is 4.79 Å². The lowest BCUT2D eigenvalue weighted by Crippen LogP contribution is -2.28. The number of methoxy groups -OCH3 is 4. The van der Waals surface area contributed by atoms with Crippen LogP contribution in [-0.2, 0) is 17.9 Å². The van der Waals surface area contributed by atoms with E-state index < -0.39 is 0 Å². The predicted octanol–water partition coefficient (Wildman–Crippen LogP) is 1.69. The maximum Gasteiger partial charge on any atom is 0.243 e. The quantitative estimate of drug-likeness (QED) is 0.564. The molecule has 0 aliphatic rings. The van der Waals surface area contributed by atoms with Crippen LogP contribution < -0.4 is 24.3 Å². The van der Waals surface area contributed by atoms with E-state index in [1.165, 1.54) is 26.1 Å². The van der Waals surface area contributed by atoms with E-state index in [9.17, 15) is 4.79 Å². The van der Waals surface area contributed by atoms with E-state index in [0.717, 1.165) is 11.1 Å². The summed E-state index contributed by atoms with van der Waals surface area (Å²) in [5.74, 6) is 2.35. The second-order valence-electron chi connectivity index (χ2n) is 6.19. The highest BCUT2D eigenvalue weighted by Gasteiger charge is 2.14. The number of rotatable bonds is 9. The maximum atomic E-state index is 12.3. The van der Waals surface area contributed by atoms with E-state index >= 15 is 0 Å². The molecule has 10 heteroatoms. The number of hydrogen-bond acceptors (Lipinski definition) is 8. The Morgan fingerprint density at radius 3 is 2.37 bits per heavy atom. The first-order chi connectivity index (χ1) is 14.6. The Morgan fingerprint density at radius 1 is 1.00 bits per heavy atom. The molecule has 0 aliphatic heterocycles. The molecule has 3 rings (SSSR count). The second-order valence-corrected chi connectivity index (χ2v) is 6.19. The molecule has 1 amide bonds. The van der Waals surface area contributed by atoms with E-state index in [1.807, 2.05) is 18.2 Å². The largest absolute Gasteiger partial charge is 0.497 e. The van der Waals surface area contributed by atoms with Gasteiger partial charge in [0.25, 0.3) is 0 Å². The Labute approximate surface area is 173 Å². The van der Waals surface area contributed by atoms with Crippen LogP contribution in [0.15, 0.2) is 36.4 Å². The van der Waals surface area contributed by atoms with Gasteiger partial charge in [-0.2, -0.15) is 4.80 Å². The summed E-state index contributed by atoms with van der Waals surface area (Å²) in [4.78, 5) is 13.6. The SMILES string of the molecule is COc1cccc(-c2nnn(CC(=O)NCc3cc(OC)c(OC)c(OC)c3)n2)c1. The van der Waals surface area contributed by atoms with Crippen LogP contribution in [-0.4, -0.2) is 54.6 Å². The van der Waals surface area contributed by atoms with Crippen molar-refractivity contribution >= 4 is 5.91 Å². The molecule has 158 valence electrons. The molecule has 10 nitrogen and oxygen atoms in total. The van der Waals surface area contributed by atoms with Crippen molar-refractivity contribution in [3.05, 3.63) is 42.0 Å². The lowest BCUT2D eigenvalue weighted by Gasteiger charge is -2.14. The highest BCUT2D eigenvalue weighted by Crippen LogP contribution is 2.38. The van der Waals surface area contributed by atoms with Crippen LogP contribution in [0.1, 0.15) is 5.56 Å². The molecule has 0 saturated heterocycles. The number of carbonyl (C=O) groups excluding carboxylic acids is 1. The summed E-state index contributed by atoms with van der Waals surface area (Å²) in [6, 6.07) is 10.8. The molecule has 0 bridgehead atoms. The van der Waals surface area contributed by atoms with Gasteiger partial charge in [0, 0.05) is 12.1 Å². The van der Waals surface area contributed by atoms with Gasteiger partial charge in [0.2, 0.25) is 17.5 Å². The van der Waals surface area contributed by atoms with Crippen molar-refractivity contribution in [1.82, 2.24) is 25.5 Å². The molecule has 0 saturated carbocycles. The summed E-state index contributed by atoms with van der Waals surface area (Å²) in [6.45, 7) is 0.203. The van der Waals surface area contributed by atoms with E-state index in [1.54, 1.807) is 25.3 Å². The third-order valence-electron chi connectivity index (χ3n) is 4.28. The molecule has 1 N–H and O–H groups in total. The predicted molar refractivity (Wildman–Crippen MR) is 108 cm³/mol. The minimum Gasteiger partial charge on any atom is -0.497 e. The fourth-order valence-corrected chi connectivity index (χ4v) is 2.81. The number of aromatic nitrogens is 4. The molecule has 2 aromatic carbocycles. The standard InChI is InChI=1S/C20H23N5O5/c1-27-15-7-5-6-14(10-15)20-22-24-25(23-20)12-18(26)21-11-13-8-16(28-2)19(30-4)17(9-13)29-3/h5-10H,11-12H2,1-4H3,(H,21,26). The fraction of sp³-hybridized carbons (Fsp3) is 0.300. The van der Waals surface area contributed by atoms with Gasteiger partial charge in [-0.05, 0) is 35.0 Å². The first-order valence-corrected chi connectivity index (χ1v) is 9.05. The van der Waals surface area contributed by atoms with E-state index in [-0.39, 0.29) is 19.0 Å². The van der Waals surface area contributed by atoms with Gasteiger partial charge in [0.05, 0.1) is 28.4 Å². The van der Waals surface area contributed by atoms with Crippen LogP contribution in [0.5, 0.6) is 23.0 Å². The maximum absolute atomic E-state index is 12.3. The number of nitrogens with zero attached hydrogens (tertiary/aromatic N) is 4. The van der Waals surface area contributed by atoms with Crippen LogP contribution in [0.3, 0.4) is 0 Å². The van der Waals surface area contributed by atoms with Crippen molar-refractivity contribution in [1.29, 1.82) is 0 Å². The number of carbonyl (C=O) groups is 1. The van der Waals surface area contributed by atoms with Crippen molar-refractivity contribution in [3.63, 3.8) is 0 Å². The zero-order chi connectivity index (χ0) is 21.5. The Morgan fingerprint density at radius 2 is 1.73 bits per heavy atom.